The molecule has 0 aromatic carbocycles. The fourth-order valence-corrected chi connectivity index (χ4v) is 2.06. The SMILES string of the molecule is CCCCC(C)NC(=S)NC(C)CCCC. The molecule has 0 fully saturated rings. The lowest BCUT2D eigenvalue weighted by molar-refractivity contribution is 0.537. The van der Waals surface area contributed by atoms with Gasteiger partial charge in [-0.15, -0.1) is 0 Å². The number of unbranched alkanes of at least 4 members (excludes halogenated alkanes) is 2. The summed E-state index contributed by atoms with van der Waals surface area (Å²) in [6.07, 6.45) is 7.42. The first-order valence-corrected chi connectivity index (χ1v) is 7.08. The Morgan fingerprint density at radius 2 is 1.31 bits per heavy atom. The van der Waals surface area contributed by atoms with Crippen LogP contribution in [0.3, 0.4) is 0 Å². The maximum Gasteiger partial charge on any atom is 0.166 e. The van der Waals surface area contributed by atoms with Crippen LogP contribution < -0.4 is 10.6 Å². The molecular weight excluding hydrogens is 216 g/mol. The summed E-state index contributed by atoms with van der Waals surface area (Å²) < 4.78 is 0. The van der Waals surface area contributed by atoms with Crippen LogP contribution in [-0.4, -0.2) is 17.2 Å². The molecule has 2 N–H and O–H groups in total. The summed E-state index contributed by atoms with van der Waals surface area (Å²) in [5.74, 6) is 0. The van der Waals surface area contributed by atoms with Crippen molar-refractivity contribution in [2.45, 2.75) is 78.3 Å². The Morgan fingerprint density at radius 1 is 0.938 bits per heavy atom. The van der Waals surface area contributed by atoms with Gasteiger partial charge in [0.1, 0.15) is 0 Å². The summed E-state index contributed by atoms with van der Waals surface area (Å²) in [6, 6.07) is 0.969. The molecule has 3 heteroatoms. The normalized spacial score (nSPS) is 14.2. The van der Waals surface area contributed by atoms with Gasteiger partial charge in [-0.3, -0.25) is 0 Å². The first kappa shape index (κ1) is 15.7. The average molecular weight is 244 g/mol. The minimum absolute atomic E-state index is 0.485. The molecule has 0 aliphatic heterocycles. The molecule has 96 valence electrons. The minimum Gasteiger partial charge on any atom is -0.360 e. The third kappa shape index (κ3) is 8.96. The third-order valence-electron chi connectivity index (χ3n) is 2.74. The minimum atomic E-state index is 0.485. The molecule has 0 spiro atoms. The third-order valence-corrected chi connectivity index (χ3v) is 2.97. The van der Waals surface area contributed by atoms with Gasteiger partial charge >= 0.3 is 0 Å². The van der Waals surface area contributed by atoms with Crippen LogP contribution in [0, 0.1) is 0 Å². The summed E-state index contributed by atoms with van der Waals surface area (Å²) in [4.78, 5) is 0. The van der Waals surface area contributed by atoms with Crippen molar-refractivity contribution in [1.82, 2.24) is 10.6 Å². The molecular formula is C13H28N2S. The van der Waals surface area contributed by atoms with Crippen molar-refractivity contribution in [3.63, 3.8) is 0 Å². The van der Waals surface area contributed by atoms with Gasteiger partial charge in [0.25, 0.3) is 0 Å². The number of hydrogen-bond donors (Lipinski definition) is 2. The molecule has 0 aromatic heterocycles. The highest BCUT2D eigenvalue weighted by atomic mass is 32.1. The number of rotatable bonds is 8. The van der Waals surface area contributed by atoms with Gasteiger partial charge in [-0.1, -0.05) is 39.5 Å². The standard InChI is InChI=1S/C13H28N2S/c1-5-7-9-11(3)14-13(16)15-12(4)10-8-6-2/h11-12H,5-10H2,1-4H3,(H2,14,15,16). The van der Waals surface area contributed by atoms with Crippen molar-refractivity contribution < 1.29 is 0 Å². The predicted octanol–water partition coefficient (Wildman–Crippen LogP) is 3.61. The second kappa shape index (κ2) is 9.88. The van der Waals surface area contributed by atoms with E-state index in [4.69, 9.17) is 12.2 Å². The smallest absolute Gasteiger partial charge is 0.166 e. The first-order chi connectivity index (χ1) is 7.60. The summed E-state index contributed by atoms with van der Waals surface area (Å²) >= 11 is 5.29. The molecule has 0 heterocycles. The molecule has 0 aliphatic rings. The van der Waals surface area contributed by atoms with E-state index in [2.05, 4.69) is 38.3 Å². The van der Waals surface area contributed by atoms with Gasteiger partial charge < -0.3 is 10.6 Å². The van der Waals surface area contributed by atoms with Crippen molar-refractivity contribution >= 4 is 17.3 Å². The molecule has 0 saturated heterocycles. The Morgan fingerprint density at radius 3 is 1.62 bits per heavy atom. The average Bonchev–Trinajstić information content (AvgIpc) is 2.23. The molecule has 0 rings (SSSR count). The van der Waals surface area contributed by atoms with Crippen LogP contribution in [0.25, 0.3) is 0 Å². The fourth-order valence-electron chi connectivity index (χ4n) is 1.65. The van der Waals surface area contributed by atoms with E-state index in [-0.39, 0.29) is 0 Å². The zero-order valence-corrected chi connectivity index (χ0v) is 12.1. The molecule has 16 heavy (non-hydrogen) atoms. The molecule has 2 atom stereocenters. The lowest BCUT2D eigenvalue weighted by Gasteiger charge is -2.20. The Hall–Kier alpha value is -0.310. The predicted molar refractivity (Wildman–Crippen MR) is 76.8 cm³/mol. The van der Waals surface area contributed by atoms with Gasteiger partial charge in [0.2, 0.25) is 0 Å². The van der Waals surface area contributed by atoms with Crippen molar-refractivity contribution in [2.75, 3.05) is 0 Å². The molecule has 0 radical (unpaired) electrons. The Balaban J connectivity index is 3.63. The van der Waals surface area contributed by atoms with Crippen LogP contribution >= 0.6 is 12.2 Å². The van der Waals surface area contributed by atoms with E-state index >= 15 is 0 Å². The van der Waals surface area contributed by atoms with Crippen molar-refractivity contribution in [3.05, 3.63) is 0 Å². The summed E-state index contributed by atoms with van der Waals surface area (Å²) in [6.45, 7) is 8.83. The van der Waals surface area contributed by atoms with Gasteiger partial charge in [0, 0.05) is 12.1 Å². The molecule has 2 unspecified atom stereocenters. The van der Waals surface area contributed by atoms with Crippen molar-refractivity contribution in [2.24, 2.45) is 0 Å². The summed E-state index contributed by atoms with van der Waals surface area (Å²) in [5.41, 5.74) is 0. The maximum absolute atomic E-state index is 5.29. The molecule has 0 aromatic rings. The van der Waals surface area contributed by atoms with Gasteiger partial charge in [0.15, 0.2) is 5.11 Å². The Bertz CT molecular complexity index is 165. The highest BCUT2D eigenvalue weighted by Crippen LogP contribution is 2.01. The van der Waals surface area contributed by atoms with Gasteiger partial charge in [-0.25, -0.2) is 0 Å². The van der Waals surface area contributed by atoms with Crippen LogP contribution in [0.2, 0.25) is 0 Å². The lowest BCUT2D eigenvalue weighted by Crippen LogP contribution is -2.44. The first-order valence-electron chi connectivity index (χ1n) is 6.67. The van der Waals surface area contributed by atoms with Crippen LogP contribution in [0.15, 0.2) is 0 Å². The molecule has 2 nitrogen and oxygen atoms in total. The Kier molecular flexibility index (Phi) is 9.69. The van der Waals surface area contributed by atoms with E-state index < -0.39 is 0 Å². The summed E-state index contributed by atoms with van der Waals surface area (Å²) in [5, 5.41) is 7.50. The molecule has 0 bridgehead atoms. The number of nitrogens with one attached hydrogen (secondary N) is 2. The van der Waals surface area contributed by atoms with Gasteiger partial charge in [0.05, 0.1) is 0 Å². The highest BCUT2D eigenvalue weighted by Gasteiger charge is 2.06. The fraction of sp³-hybridized carbons (Fsp3) is 0.923. The van der Waals surface area contributed by atoms with Crippen LogP contribution in [0.4, 0.5) is 0 Å². The van der Waals surface area contributed by atoms with Crippen molar-refractivity contribution in [3.8, 4) is 0 Å². The molecule has 0 aliphatic carbocycles. The monoisotopic (exact) mass is 244 g/mol. The van der Waals surface area contributed by atoms with Crippen LogP contribution in [0.5, 0.6) is 0 Å². The van der Waals surface area contributed by atoms with E-state index in [9.17, 15) is 0 Å². The zero-order chi connectivity index (χ0) is 12.4. The van der Waals surface area contributed by atoms with Crippen LogP contribution in [-0.2, 0) is 0 Å². The topological polar surface area (TPSA) is 24.1 Å². The number of hydrogen-bond acceptors (Lipinski definition) is 1. The van der Waals surface area contributed by atoms with E-state index in [1.807, 2.05) is 0 Å². The second-order valence-electron chi connectivity index (χ2n) is 4.70. The highest BCUT2D eigenvalue weighted by molar-refractivity contribution is 7.80. The van der Waals surface area contributed by atoms with Gasteiger partial charge in [-0.05, 0) is 38.9 Å². The molecule has 0 saturated carbocycles. The number of thiocarbonyl (C=S) groups is 1. The quantitative estimate of drug-likeness (QED) is 0.638. The van der Waals surface area contributed by atoms with E-state index in [1.165, 1.54) is 38.5 Å². The molecule has 0 amide bonds. The summed E-state index contributed by atoms with van der Waals surface area (Å²) in [7, 11) is 0. The second-order valence-corrected chi connectivity index (χ2v) is 5.11. The largest absolute Gasteiger partial charge is 0.360 e. The van der Waals surface area contributed by atoms with Crippen molar-refractivity contribution in [1.29, 1.82) is 0 Å². The maximum atomic E-state index is 5.29. The zero-order valence-electron chi connectivity index (χ0n) is 11.3. The van der Waals surface area contributed by atoms with E-state index in [0.717, 1.165) is 5.11 Å². The van der Waals surface area contributed by atoms with E-state index in [0.29, 0.717) is 12.1 Å². The lowest BCUT2D eigenvalue weighted by atomic mass is 10.1. The Labute approximate surface area is 107 Å². The van der Waals surface area contributed by atoms with E-state index in [1.54, 1.807) is 0 Å². The van der Waals surface area contributed by atoms with Crippen LogP contribution in [0.1, 0.15) is 66.2 Å². The van der Waals surface area contributed by atoms with Gasteiger partial charge in [-0.2, -0.15) is 0 Å².